The van der Waals surface area contributed by atoms with E-state index < -0.39 is 0 Å². The second-order valence-electron chi connectivity index (χ2n) is 10.1. The van der Waals surface area contributed by atoms with Crippen LogP contribution in [0.25, 0.3) is 11.1 Å². The Kier molecular flexibility index (Phi) is 17.8. The molecule has 0 aliphatic carbocycles. The lowest BCUT2D eigenvalue weighted by molar-refractivity contribution is -0.906. The first-order valence-electron chi connectivity index (χ1n) is 13.7. The zero-order valence-corrected chi connectivity index (χ0v) is 29.2. The number of ether oxygens (including phenoxy) is 2. The lowest BCUT2D eigenvalue weighted by Crippen LogP contribution is -3.00. The van der Waals surface area contributed by atoms with Gasteiger partial charge in [0.2, 0.25) is 0 Å². The Morgan fingerprint density at radius 2 is 0.868 bits per heavy atom. The van der Waals surface area contributed by atoms with Gasteiger partial charge in [0.15, 0.2) is 0 Å². The Hall–Kier alpha value is -1.10. The number of nitrogens with zero attached hydrogens (tertiary/aromatic N) is 2. The van der Waals surface area contributed by atoms with E-state index in [1.807, 2.05) is 0 Å². The number of rotatable bonds is 15. The predicted octanol–water partition coefficient (Wildman–Crippen LogP) is 0.932. The molecule has 214 valence electrons. The second kappa shape index (κ2) is 18.3. The highest BCUT2D eigenvalue weighted by molar-refractivity contribution is 6.04. The molecule has 0 aliphatic heterocycles. The minimum Gasteiger partial charge on any atom is -1.00 e. The number of hydrogen-bond donors (Lipinski definition) is 0. The first-order chi connectivity index (χ1) is 17.3. The van der Waals surface area contributed by atoms with Gasteiger partial charge in [-0.1, -0.05) is 36.4 Å². The van der Waals surface area contributed by atoms with E-state index in [1.54, 1.807) is 0 Å². The van der Waals surface area contributed by atoms with Crippen molar-refractivity contribution in [3.63, 3.8) is 0 Å². The maximum atomic E-state index is 6.06. The molecule has 0 bridgehead atoms. The number of halogens is 2. The fourth-order valence-corrected chi connectivity index (χ4v) is 4.26. The van der Waals surface area contributed by atoms with Crippen LogP contribution in [-0.4, -0.2) is 75.5 Å². The smallest absolute Gasteiger partial charge is 0.137 e. The van der Waals surface area contributed by atoms with Crippen molar-refractivity contribution >= 4 is 11.1 Å². The molecular formula is C32H50I2N2O2. The maximum Gasteiger partial charge on any atom is 0.137 e. The summed E-state index contributed by atoms with van der Waals surface area (Å²) in [5.41, 5.74) is 4.82. The molecule has 38 heavy (non-hydrogen) atoms. The summed E-state index contributed by atoms with van der Waals surface area (Å²) in [4.78, 5) is 0. The van der Waals surface area contributed by atoms with Gasteiger partial charge in [-0.05, 0) is 88.1 Å². The number of benzene rings is 2. The van der Waals surface area contributed by atoms with Crippen LogP contribution in [0.4, 0.5) is 0 Å². The van der Waals surface area contributed by atoms with Gasteiger partial charge < -0.3 is 66.4 Å². The van der Waals surface area contributed by atoms with Gasteiger partial charge >= 0.3 is 0 Å². The molecule has 4 nitrogen and oxygen atoms in total. The Morgan fingerprint density at radius 1 is 0.579 bits per heavy atom. The topological polar surface area (TPSA) is 18.5 Å². The fraction of sp³-hybridized carbons (Fsp3) is 0.500. The summed E-state index contributed by atoms with van der Waals surface area (Å²) >= 11 is 0. The van der Waals surface area contributed by atoms with E-state index in [4.69, 9.17) is 9.47 Å². The highest BCUT2D eigenvalue weighted by atomic mass is 127. The Labute approximate surface area is 267 Å². The normalized spacial score (nSPS) is 12.4. The average molecular weight is 749 g/mol. The van der Waals surface area contributed by atoms with Crippen molar-refractivity contribution in [3.05, 3.63) is 71.8 Å². The van der Waals surface area contributed by atoms with Crippen molar-refractivity contribution in [2.45, 2.75) is 41.5 Å². The molecule has 0 spiro atoms. The van der Waals surface area contributed by atoms with Crippen LogP contribution < -0.4 is 57.4 Å². The number of allylic oxidation sites excluding steroid dienone is 4. The van der Waals surface area contributed by atoms with E-state index in [0.717, 1.165) is 72.9 Å². The molecule has 0 aromatic heterocycles. The van der Waals surface area contributed by atoms with Crippen molar-refractivity contribution < 1.29 is 66.4 Å². The van der Waals surface area contributed by atoms with Gasteiger partial charge in [0.05, 0.1) is 40.3 Å². The zero-order valence-electron chi connectivity index (χ0n) is 24.9. The van der Waals surface area contributed by atoms with Crippen LogP contribution in [-0.2, 0) is 0 Å². The lowest BCUT2D eigenvalue weighted by Gasteiger charge is -2.31. The van der Waals surface area contributed by atoms with Crippen molar-refractivity contribution in [1.29, 1.82) is 0 Å². The molecule has 0 amide bonds. The second-order valence-corrected chi connectivity index (χ2v) is 10.1. The van der Waals surface area contributed by atoms with Crippen LogP contribution in [0, 0.1) is 0 Å². The van der Waals surface area contributed by atoms with Crippen LogP contribution in [0.15, 0.2) is 60.7 Å². The summed E-state index contributed by atoms with van der Waals surface area (Å²) in [7, 11) is 4.57. The van der Waals surface area contributed by atoms with Gasteiger partial charge in [-0.25, -0.2) is 0 Å². The summed E-state index contributed by atoms with van der Waals surface area (Å²) < 4.78 is 14.2. The molecule has 2 aromatic rings. The molecule has 2 rings (SSSR count). The van der Waals surface area contributed by atoms with Crippen LogP contribution in [0.2, 0.25) is 0 Å². The zero-order chi connectivity index (χ0) is 26.6. The molecule has 0 atom stereocenters. The Bertz CT molecular complexity index is 896. The summed E-state index contributed by atoms with van der Waals surface area (Å²) in [6.45, 7) is 21.2. The van der Waals surface area contributed by atoms with Crippen molar-refractivity contribution in [1.82, 2.24) is 0 Å². The van der Waals surface area contributed by atoms with E-state index in [2.05, 4.69) is 116 Å². The highest BCUT2D eigenvalue weighted by Crippen LogP contribution is 2.33. The maximum absolute atomic E-state index is 6.06. The molecule has 0 saturated heterocycles. The first-order valence-corrected chi connectivity index (χ1v) is 13.7. The monoisotopic (exact) mass is 748 g/mol. The molecule has 0 aliphatic rings. The third kappa shape index (κ3) is 10.8. The molecule has 2 aromatic carbocycles. The van der Waals surface area contributed by atoms with Gasteiger partial charge in [0.1, 0.15) is 37.8 Å². The van der Waals surface area contributed by atoms with Gasteiger partial charge in [0, 0.05) is 0 Å². The Morgan fingerprint density at radius 3 is 1.11 bits per heavy atom. The molecule has 0 heterocycles. The molecule has 6 heteroatoms. The SMILES string of the molecule is C/C=C(/C(=C/C)c1ccc(OCC[N+](C)(CC)CC)cc1)c1ccc(OCC[N+](C)(CC)CC)cc1.[I-].[I-]. The average Bonchev–Trinajstić information content (AvgIpc) is 2.92. The minimum absolute atomic E-state index is 0. The number of likely N-dealkylation sites (N-methyl/N-ethyl adjacent to an activating group) is 2. The summed E-state index contributed by atoms with van der Waals surface area (Å²) in [6, 6.07) is 17.0. The van der Waals surface area contributed by atoms with E-state index >= 15 is 0 Å². The lowest BCUT2D eigenvalue weighted by atomic mass is 9.92. The summed E-state index contributed by atoms with van der Waals surface area (Å²) in [6.07, 6.45) is 4.38. The van der Waals surface area contributed by atoms with Crippen molar-refractivity contribution in [3.8, 4) is 11.5 Å². The van der Waals surface area contributed by atoms with Crippen molar-refractivity contribution in [2.75, 3.05) is 66.6 Å². The third-order valence-electron chi connectivity index (χ3n) is 8.05. The highest BCUT2D eigenvalue weighted by Gasteiger charge is 2.17. The van der Waals surface area contributed by atoms with Gasteiger partial charge in [-0.15, -0.1) is 0 Å². The van der Waals surface area contributed by atoms with E-state index in [-0.39, 0.29) is 48.0 Å². The van der Waals surface area contributed by atoms with Gasteiger partial charge in [-0.3, -0.25) is 0 Å². The van der Waals surface area contributed by atoms with Gasteiger partial charge in [0.25, 0.3) is 0 Å². The molecular weight excluding hydrogens is 698 g/mol. The standard InChI is InChI=1S/C32H50N2O2.2HI/c1-9-31(27-15-19-29(20-16-27)35-25-23-33(7,11-3)12-4)32(10-2)28-17-21-30(22-18-28)36-26-24-34(8,13-5)14-6;;/h9-10,15-22H,11-14,23-26H2,1-8H3;2*1H/q+2;;/p-2/b31-9+,32-10+;;. The minimum atomic E-state index is 0. The molecule has 0 N–H and O–H groups in total. The molecule has 0 radical (unpaired) electrons. The van der Waals surface area contributed by atoms with E-state index in [0.29, 0.717) is 0 Å². The first kappa shape index (κ1) is 36.9. The number of hydrogen-bond acceptors (Lipinski definition) is 2. The van der Waals surface area contributed by atoms with E-state index in [1.165, 1.54) is 22.3 Å². The van der Waals surface area contributed by atoms with Crippen LogP contribution >= 0.6 is 0 Å². The predicted molar refractivity (Wildman–Crippen MR) is 155 cm³/mol. The quantitative estimate of drug-likeness (QED) is 0.154. The van der Waals surface area contributed by atoms with Crippen LogP contribution in [0.5, 0.6) is 11.5 Å². The molecule has 0 fully saturated rings. The van der Waals surface area contributed by atoms with Crippen LogP contribution in [0.1, 0.15) is 52.7 Å². The van der Waals surface area contributed by atoms with Crippen molar-refractivity contribution in [2.24, 2.45) is 0 Å². The van der Waals surface area contributed by atoms with Gasteiger partial charge in [-0.2, -0.15) is 0 Å². The van der Waals surface area contributed by atoms with E-state index in [9.17, 15) is 0 Å². The third-order valence-corrected chi connectivity index (χ3v) is 8.05. The Balaban J connectivity index is 0.00000684. The molecule has 0 saturated carbocycles. The summed E-state index contributed by atoms with van der Waals surface area (Å²) in [5, 5.41) is 0. The fourth-order valence-electron chi connectivity index (χ4n) is 4.26. The largest absolute Gasteiger partial charge is 1.00 e. The summed E-state index contributed by atoms with van der Waals surface area (Å²) in [5.74, 6) is 1.86. The van der Waals surface area contributed by atoms with Crippen LogP contribution in [0.3, 0.4) is 0 Å². The number of quaternary nitrogens is 2. The molecule has 0 unspecified atom stereocenters.